The smallest absolute Gasteiger partial charge is 0.326 e. The molecule has 0 aromatic heterocycles. The summed E-state index contributed by atoms with van der Waals surface area (Å²) >= 11 is 4.05. The quantitative estimate of drug-likeness (QED) is 0.183. The molecule has 4 atom stereocenters. The molecule has 178 valence electrons. The van der Waals surface area contributed by atoms with E-state index in [9.17, 15) is 24.3 Å². The monoisotopic (exact) mass is 468 g/mol. The van der Waals surface area contributed by atoms with E-state index in [1.54, 1.807) is 30.3 Å². The van der Waals surface area contributed by atoms with E-state index in [-0.39, 0.29) is 24.5 Å². The Morgan fingerprint density at radius 1 is 0.938 bits per heavy atom. The average Bonchev–Trinajstić information content (AvgIpc) is 2.75. The highest BCUT2D eigenvalue weighted by molar-refractivity contribution is 7.80. The predicted octanol–water partition coefficient (Wildman–Crippen LogP) is -0.936. The summed E-state index contributed by atoms with van der Waals surface area (Å²) < 4.78 is 0. The van der Waals surface area contributed by atoms with Crippen molar-refractivity contribution in [2.45, 2.75) is 50.9 Å². The van der Waals surface area contributed by atoms with Gasteiger partial charge in [0, 0.05) is 12.2 Å². The summed E-state index contributed by atoms with van der Waals surface area (Å²) in [6, 6.07) is 4.36. The summed E-state index contributed by atoms with van der Waals surface area (Å²) in [6.45, 7) is 3.11. The number of carboxylic acids is 1. The summed E-state index contributed by atoms with van der Waals surface area (Å²) in [7, 11) is 0. The molecule has 0 fully saturated rings. The lowest BCUT2D eigenvalue weighted by atomic mass is 10.0. The van der Waals surface area contributed by atoms with E-state index in [0.29, 0.717) is 0 Å². The highest BCUT2D eigenvalue weighted by Crippen LogP contribution is 2.08. The van der Waals surface area contributed by atoms with Crippen LogP contribution in [0.25, 0.3) is 0 Å². The van der Waals surface area contributed by atoms with Crippen molar-refractivity contribution in [3.05, 3.63) is 35.9 Å². The molecule has 0 aliphatic carbocycles. The van der Waals surface area contributed by atoms with Gasteiger partial charge in [0.25, 0.3) is 0 Å². The van der Waals surface area contributed by atoms with Gasteiger partial charge in [-0.1, -0.05) is 44.2 Å². The fraction of sp³-hybridized carbons (Fsp3) is 0.524. The molecule has 1 aromatic carbocycles. The first-order chi connectivity index (χ1) is 15.1. The van der Waals surface area contributed by atoms with Gasteiger partial charge >= 0.3 is 5.97 Å². The number of hydrogen-bond acceptors (Lipinski definition) is 7. The summed E-state index contributed by atoms with van der Waals surface area (Å²) in [6.07, 6.45) is 0.331. The van der Waals surface area contributed by atoms with Crippen molar-refractivity contribution in [1.82, 2.24) is 16.0 Å². The second kappa shape index (κ2) is 13.7. The Labute approximate surface area is 192 Å². The van der Waals surface area contributed by atoms with Crippen LogP contribution < -0.4 is 21.7 Å². The molecule has 0 aliphatic heterocycles. The van der Waals surface area contributed by atoms with E-state index in [1.165, 1.54) is 0 Å². The number of amides is 3. The molecule has 3 amide bonds. The average molecular weight is 469 g/mol. The molecule has 1 aromatic rings. The van der Waals surface area contributed by atoms with E-state index >= 15 is 0 Å². The Bertz CT molecular complexity index is 777. The molecule has 1 rings (SSSR count). The molecule has 0 aliphatic rings. The third-order valence-corrected chi connectivity index (χ3v) is 4.95. The molecule has 0 radical (unpaired) electrons. The summed E-state index contributed by atoms with van der Waals surface area (Å²) in [5.74, 6) is -3.32. The van der Waals surface area contributed by atoms with Gasteiger partial charge in [0.15, 0.2) is 0 Å². The number of aliphatic carboxylic acids is 1. The molecule has 32 heavy (non-hydrogen) atoms. The van der Waals surface area contributed by atoms with Gasteiger partial charge in [-0.05, 0) is 17.9 Å². The minimum Gasteiger partial charge on any atom is -0.480 e. The number of aliphatic hydroxyl groups excluding tert-OH is 1. The number of carboxylic acid groups (broad SMARTS) is 1. The number of hydrogen-bond donors (Lipinski definition) is 7. The molecule has 7 N–H and O–H groups in total. The Balaban J connectivity index is 2.90. The molecular weight excluding hydrogens is 436 g/mol. The molecule has 0 heterocycles. The molecule has 4 unspecified atom stereocenters. The fourth-order valence-corrected chi connectivity index (χ4v) is 3.11. The Hall–Kier alpha value is -2.63. The Morgan fingerprint density at radius 2 is 1.47 bits per heavy atom. The maximum atomic E-state index is 12.9. The normalized spacial score (nSPS) is 14.7. The SMILES string of the molecule is CC(C)CC(NC(=O)C(CS)NC(=O)C(N)CO)C(=O)NC(Cc1ccccc1)C(=O)O. The first-order valence-corrected chi connectivity index (χ1v) is 10.9. The number of aliphatic hydroxyl groups is 1. The van der Waals surface area contributed by atoms with Crippen LogP contribution in [0.15, 0.2) is 30.3 Å². The van der Waals surface area contributed by atoms with Crippen molar-refractivity contribution in [3.63, 3.8) is 0 Å². The van der Waals surface area contributed by atoms with Crippen molar-refractivity contribution in [1.29, 1.82) is 0 Å². The Morgan fingerprint density at radius 3 is 1.97 bits per heavy atom. The van der Waals surface area contributed by atoms with Crippen LogP contribution in [0.4, 0.5) is 0 Å². The molecule has 10 nitrogen and oxygen atoms in total. The highest BCUT2D eigenvalue weighted by atomic mass is 32.1. The lowest BCUT2D eigenvalue weighted by Crippen LogP contribution is -2.58. The van der Waals surface area contributed by atoms with E-state index in [0.717, 1.165) is 5.56 Å². The van der Waals surface area contributed by atoms with Crippen LogP contribution in [-0.4, -0.2) is 70.4 Å². The zero-order valence-corrected chi connectivity index (χ0v) is 19.0. The lowest BCUT2D eigenvalue weighted by Gasteiger charge is -2.25. The fourth-order valence-electron chi connectivity index (χ4n) is 2.85. The summed E-state index contributed by atoms with van der Waals surface area (Å²) in [4.78, 5) is 49.1. The van der Waals surface area contributed by atoms with Crippen LogP contribution >= 0.6 is 12.6 Å². The number of benzene rings is 1. The second-order valence-electron chi connectivity index (χ2n) is 7.81. The second-order valence-corrected chi connectivity index (χ2v) is 8.18. The minimum absolute atomic E-state index is 0.00954. The minimum atomic E-state index is -1.20. The summed E-state index contributed by atoms with van der Waals surface area (Å²) in [5.41, 5.74) is 6.18. The number of nitrogens with one attached hydrogen (secondary N) is 3. The predicted molar refractivity (Wildman–Crippen MR) is 122 cm³/mol. The van der Waals surface area contributed by atoms with Crippen LogP contribution in [0, 0.1) is 5.92 Å². The van der Waals surface area contributed by atoms with Crippen LogP contribution in [0.1, 0.15) is 25.8 Å². The van der Waals surface area contributed by atoms with Crippen LogP contribution in [0.5, 0.6) is 0 Å². The lowest BCUT2D eigenvalue weighted by molar-refractivity contribution is -0.142. The van der Waals surface area contributed by atoms with Crippen molar-refractivity contribution < 1.29 is 29.4 Å². The topological polar surface area (TPSA) is 171 Å². The van der Waals surface area contributed by atoms with Crippen molar-refractivity contribution in [2.24, 2.45) is 11.7 Å². The maximum Gasteiger partial charge on any atom is 0.326 e. The van der Waals surface area contributed by atoms with Crippen LogP contribution in [0.3, 0.4) is 0 Å². The van der Waals surface area contributed by atoms with Crippen molar-refractivity contribution >= 4 is 36.3 Å². The number of carbonyl (C=O) groups excluding carboxylic acids is 3. The van der Waals surface area contributed by atoms with Gasteiger partial charge < -0.3 is 31.9 Å². The maximum absolute atomic E-state index is 12.9. The molecular formula is C21H32N4O6S. The van der Waals surface area contributed by atoms with E-state index in [2.05, 4.69) is 28.6 Å². The van der Waals surface area contributed by atoms with Gasteiger partial charge in [0.2, 0.25) is 17.7 Å². The molecule has 0 spiro atoms. The van der Waals surface area contributed by atoms with Crippen molar-refractivity contribution in [2.75, 3.05) is 12.4 Å². The Kier molecular flexibility index (Phi) is 11.7. The van der Waals surface area contributed by atoms with Gasteiger partial charge in [-0.3, -0.25) is 14.4 Å². The first-order valence-electron chi connectivity index (χ1n) is 10.2. The first kappa shape index (κ1) is 27.4. The van der Waals surface area contributed by atoms with Gasteiger partial charge in [-0.25, -0.2) is 4.79 Å². The standard InChI is InChI=1S/C21H32N4O6S/c1-12(2)8-15(23-20(29)17(11-32)25-18(27)14(22)10-26)19(28)24-16(21(30)31)9-13-6-4-3-5-7-13/h3-7,12,14-17,26,32H,8-11,22H2,1-2H3,(H,23,29)(H,24,28)(H,25,27)(H,30,31). The zero-order valence-electron chi connectivity index (χ0n) is 18.2. The molecule has 11 heteroatoms. The van der Waals surface area contributed by atoms with E-state index in [4.69, 9.17) is 10.8 Å². The number of thiol groups is 1. The number of nitrogens with two attached hydrogens (primary N) is 1. The van der Waals surface area contributed by atoms with Gasteiger partial charge in [-0.2, -0.15) is 12.6 Å². The van der Waals surface area contributed by atoms with Gasteiger partial charge in [0.05, 0.1) is 6.61 Å². The number of rotatable bonds is 13. The van der Waals surface area contributed by atoms with Gasteiger partial charge in [0.1, 0.15) is 24.2 Å². The van der Waals surface area contributed by atoms with E-state index < -0.39 is 54.5 Å². The summed E-state index contributed by atoms with van der Waals surface area (Å²) in [5, 5.41) is 25.9. The molecule has 0 saturated carbocycles. The van der Waals surface area contributed by atoms with E-state index in [1.807, 2.05) is 13.8 Å². The third-order valence-electron chi connectivity index (χ3n) is 4.59. The highest BCUT2D eigenvalue weighted by Gasteiger charge is 2.30. The molecule has 0 saturated heterocycles. The zero-order chi connectivity index (χ0) is 24.3. The van der Waals surface area contributed by atoms with Crippen LogP contribution in [0.2, 0.25) is 0 Å². The number of carbonyl (C=O) groups is 4. The largest absolute Gasteiger partial charge is 0.480 e. The third kappa shape index (κ3) is 9.25. The van der Waals surface area contributed by atoms with Crippen molar-refractivity contribution in [3.8, 4) is 0 Å². The molecule has 0 bridgehead atoms. The van der Waals surface area contributed by atoms with Gasteiger partial charge in [-0.15, -0.1) is 0 Å². The van der Waals surface area contributed by atoms with Crippen LogP contribution in [-0.2, 0) is 25.6 Å².